The lowest BCUT2D eigenvalue weighted by molar-refractivity contribution is 0.326. The van der Waals surface area contributed by atoms with Crippen LogP contribution in [0, 0.1) is 5.82 Å². The molecular weight excluding hydrogens is 261 g/mol. The zero-order chi connectivity index (χ0) is 14.3. The average Bonchev–Trinajstić information content (AvgIpc) is 2.36. The first-order chi connectivity index (χ1) is 9.11. The Balaban J connectivity index is 3.25. The van der Waals surface area contributed by atoms with E-state index in [4.69, 9.17) is 11.6 Å². The van der Waals surface area contributed by atoms with Crippen LogP contribution in [0.3, 0.4) is 0 Å². The van der Waals surface area contributed by atoms with Crippen LogP contribution in [0.4, 0.5) is 4.39 Å². The van der Waals surface area contributed by atoms with Gasteiger partial charge in [0.2, 0.25) is 0 Å². The molecule has 1 aromatic rings. The summed E-state index contributed by atoms with van der Waals surface area (Å²) in [6, 6.07) is 5.00. The van der Waals surface area contributed by atoms with Crippen molar-refractivity contribution in [1.29, 1.82) is 0 Å². The summed E-state index contributed by atoms with van der Waals surface area (Å²) in [4.78, 5) is 0. The molecule has 0 radical (unpaired) electrons. The van der Waals surface area contributed by atoms with E-state index in [0.29, 0.717) is 10.6 Å². The second kappa shape index (κ2) is 7.86. The van der Waals surface area contributed by atoms with Crippen LogP contribution in [-0.4, -0.2) is 13.1 Å². The summed E-state index contributed by atoms with van der Waals surface area (Å²) in [5.74, 6) is -0.174. The van der Waals surface area contributed by atoms with Gasteiger partial charge in [-0.3, -0.25) is 0 Å². The van der Waals surface area contributed by atoms with Crippen molar-refractivity contribution in [2.45, 2.75) is 51.9 Å². The van der Waals surface area contributed by atoms with Gasteiger partial charge in [0.05, 0.1) is 0 Å². The van der Waals surface area contributed by atoms with Gasteiger partial charge in [-0.2, -0.15) is 0 Å². The third-order valence-corrected chi connectivity index (χ3v) is 3.98. The third-order valence-electron chi connectivity index (χ3n) is 3.66. The van der Waals surface area contributed by atoms with Crippen LogP contribution in [0.15, 0.2) is 18.2 Å². The van der Waals surface area contributed by atoms with Gasteiger partial charge in [-0.05, 0) is 31.5 Å². The lowest BCUT2D eigenvalue weighted by Crippen LogP contribution is -2.39. The monoisotopic (exact) mass is 285 g/mol. The molecule has 0 saturated heterocycles. The Morgan fingerprint density at radius 2 is 1.79 bits per heavy atom. The molecule has 19 heavy (non-hydrogen) atoms. The molecule has 1 aromatic carbocycles. The van der Waals surface area contributed by atoms with E-state index in [2.05, 4.69) is 26.1 Å². The Bertz CT molecular complexity index is 366. The van der Waals surface area contributed by atoms with Gasteiger partial charge in [0.1, 0.15) is 5.82 Å². The molecule has 0 saturated carbocycles. The van der Waals surface area contributed by atoms with Crippen LogP contribution in [0.1, 0.15) is 52.0 Å². The molecular formula is C16H25ClFN. The Morgan fingerprint density at radius 1 is 1.16 bits per heavy atom. The van der Waals surface area contributed by atoms with Crippen LogP contribution in [0.2, 0.25) is 5.02 Å². The lowest BCUT2D eigenvalue weighted by atomic mass is 9.73. The molecule has 0 aliphatic rings. The number of likely N-dealkylation sites (N-methyl/N-ethyl adjacent to an activating group) is 1. The zero-order valence-electron chi connectivity index (χ0n) is 12.2. The summed E-state index contributed by atoms with van der Waals surface area (Å²) in [5.41, 5.74) is 0.503. The number of hydrogen-bond donors (Lipinski definition) is 1. The quantitative estimate of drug-likeness (QED) is 0.714. The van der Waals surface area contributed by atoms with Crippen molar-refractivity contribution in [3.63, 3.8) is 0 Å². The molecule has 108 valence electrons. The highest BCUT2D eigenvalue weighted by Gasteiger charge is 2.34. The fourth-order valence-corrected chi connectivity index (χ4v) is 3.33. The van der Waals surface area contributed by atoms with Gasteiger partial charge in [0, 0.05) is 22.5 Å². The summed E-state index contributed by atoms with van der Waals surface area (Å²) in [6.07, 6.45) is 3.95. The maximum absolute atomic E-state index is 14.3. The molecule has 1 nitrogen and oxygen atoms in total. The van der Waals surface area contributed by atoms with E-state index >= 15 is 0 Å². The first kappa shape index (κ1) is 16.5. The van der Waals surface area contributed by atoms with E-state index in [1.165, 1.54) is 6.07 Å². The topological polar surface area (TPSA) is 12.0 Å². The molecule has 0 aromatic heterocycles. The molecule has 0 unspecified atom stereocenters. The van der Waals surface area contributed by atoms with Gasteiger partial charge >= 0.3 is 0 Å². The minimum Gasteiger partial charge on any atom is -0.316 e. The number of hydrogen-bond acceptors (Lipinski definition) is 1. The van der Waals surface area contributed by atoms with Crippen molar-refractivity contribution in [2.24, 2.45) is 0 Å². The second-order valence-corrected chi connectivity index (χ2v) is 5.56. The molecule has 0 aliphatic carbocycles. The molecule has 0 bridgehead atoms. The van der Waals surface area contributed by atoms with E-state index in [1.54, 1.807) is 12.1 Å². The van der Waals surface area contributed by atoms with Crippen LogP contribution in [-0.2, 0) is 5.41 Å². The Hall–Kier alpha value is -0.600. The maximum atomic E-state index is 14.3. The number of halogens is 2. The Kier molecular flexibility index (Phi) is 6.81. The minimum absolute atomic E-state index is 0.174. The van der Waals surface area contributed by atoms with Crippen molar-refractivity contribution < 1.29 is 4.39 Å². The van der Waals surface area contributed by atoms with Gasteiger partial charge in [-0.25, -0.2) is 4.39 Å². The average molecular weight is 286 g/mol. The van der Waals surface area contributed by atoms with Crippen molar-refractivity contribution in [1.82, 2.24) is 5.32 Å². The predicted octanol–water partition coefficient (Wildman–Crippen LogP) is 4.93. The molecule has 3 heteroatoms. The highest BCUT2D eigenvalue weighted by Crippen LogP contribution is 2.39. The molecule has 0 heterocycles. The van der Waals surface area contributed by atoms with Crippen LogP contribution >= 0.6 is 11.6 Å². The van der Waals surface area contributed by atoms with Crippen molar-refractivity contribution in [3.05, 3.63) is 34.6 Å². The molecule has 0 atom stereocenters. The highest BCUT2D eigenvalue weighted by molar-refractivity contribution is 6.31. The Labute approximate surface area is 121 Å². The summed E-state index contributed by atoms with van der Waals surface area (Å²) >= 11 is 6.30. The van der Waals surface area contributed by atoms with Crippen LogP contribution in [0.5, 0.6) is 0 Å². The number of benzene rings is 1. The van der Waals surface area contributed by atoms with Gasteiger partial charge in [-0.15, -0.1) is 0 Å². The SMILES string of the molecule is CCCC(CCC)(CNCC)c1c(F)cccc1Cl. The van der Waals surface area contributed by atoms with E-state index in [0.717, 1.165) is 38.8 Å². The summed E-state index contributed by atoms with van der Waals surface area (Å²) in [7, 11) is 0. The van der Waals surface area contributed by atoms with Gasteiger partial charge < -0.3 is 5.32 Å². The van der Waals surface area contributed by atoms with E-state index in [-0.39, 0.29) is 11.2 Å². The summed E-state index contributed by atoms with van der Waals surface area (Å²) in [6.45, 7) is 8.04. The van der Waals surface area contributed by atoms with Crippen molar-refractivity contribution in [3.8, 4) is 0 Å². The molecule has 1 N–H and O–H groups in total. The van der Waals surface area contributed by atoms with Gasteiger partial charge in [0.15, 0.2) is 0 Å². The van der Waals surface area contributed by atoms with Gasteiger partial charge in [0.25, 0.3) is 0 Å². The molecule has 1 rings (SSSR count). The highest BCUT2D eigenvalue weighted by atomic mass is 35.5. The maximum Gasteiger partial charge on any atom is 0.128 e. The van der Waals surface area contributed by atoms with Gasteiger partial charge in [-0.1, -0.05) is 51.3 Å². The largest absolute Gasteiger partial charge is 0.316 e. The number of nitrogens with one attached hydrogen (secondary N) is 1. The van der Waals surface area contributed by atoms with Crippen molar-refractivity contribution in [2.75, 3.05) is 13.1 Å². The predicted molar refractivity (Wildman–Crippen MR) is 81.4 cm³/mol. The summed E-state index contributed by atoms with van der Waals surface area (Å²) < 4.78 is 14.3. The zero-order valence-corrected chi connectivity index (χ0v) is 13.0. The molecule has 0 spiro atoms. The first-order valence-electron chi connectivity index (χ1n) is 7.26. The summed E-state index contributed by atoms with van der Waals surface area (Å²) in [5, 5.41) is 3.94. The van der Waals surface area contributed by atoms with E-state index in [1.807, 2.05) is 0 Å². The Morgan fingerprint density at radius 3 is 2.26 bits per heavy atom. The van der Waals surface area contributed by atoms with Crippen LogP contribution in [0.25, 0.3) is 0 Å². The number of rotatable bonds is 8. The third kappa shape index (κ3) is 3.93. The smallest absolute Gasteiger partial charge is 0.128 e. The normalized spacial score (nSPS) is 11.8. The van der Waals surface area contributed by atoms with E-state index in [9.17, 15) is 4.39 Å². The minimum atomic E-state index is -0.193. The fourth-order valence-electron chi connectivity index (χ4n) is 2.97. The molecule has 0 aliphatic heterocycles. The van der Waals surface area contributed by atoms with E-state index < -0.39 is 0 Å². The molecule has 0 amide bonds. The molecule has 0 fully saturated rings. The lowest BCUT2D eigenvalue weighted by Gasteiger charge is -2.35. The second-order valence-electron chi connectivity index (χ2n) is 5.16. The standard InChI is InChI=1S/C16H25ClFN/c1-4-10-16(11-5-2,12-19-6-3)15-13(17)8-7-9-14(15)18/h7-9,19H,4-6,10-12H2,1-3H3. The first-order valence-corrected chi connectivity index (χ1v) is 7.64. The van der Waals surface area contributed by atoms with Crippen molar-refractivity contribution >= 4 is 11.6 Å². The van der Waals surface area contributed by atoms with Crippen LogP contribution < -0.4 is 5.32 Å². The fraction of sp³-hybridized carbons (Fsp3) is 0.625.